The van der Waals surface area contributed by atoms with Gasteiger partial charge in [0.2, 0.25) is 0 Å². The van der Waals surface area contributed by atoms with Crippen LogP contribution in [0.25, 0.3) is 100.0 Å². The highest BCUT2D eigenvalue weighted by molar-refractivity contribution is 6.06. The van der Waals surface area contributed by atoms with Crippen molar-refractivity contribution < 1.29 is 4.42 Å². The summed E-state index contributed by atoms with van der Waals surface area (Å²) in [6.45, 7) is 2.36. The van der Waals surface area contributed by atoms with Crippen molar-refractivity contribution in [2.45, 2.75) is 12.3 Å². The Balaban J connectivity index is 1.07. The van der Waals surface area contributed by atoms with E-state index in [2.05, 4.69) is 201 Å². The van der Waals surface area contributed by atoms with E-state index in [0.717, 1.165) is 72.3 Å². The van der Waals surface area contributed by atoms with Gasteiger partial charge in [0.1, 0.15) is 11.2 Å². The second-order valence-corrected chi connectivity index (χ2v) is 16.3. The lowest BCUT2D eigenvalue weighted by atomic mass is 9.74. The number of hydrogen-bond donors (Lipinski definition) is 0. The molecule has 0 saturated heterocycles. The Morgan fingerprint density at radius 2 is 0.967 bits per heavy atom. The van der Waals surface area contributed by atoms with Gasteiger partial charge in [-0.05, 0) is 122 Å². The van der Waals surface area contributed by atoms with Crippen molar-refractivity contribution in [3.8, 4) is 67.3 Å². The molecule has 1 unspecified atom stereocenters. The third kappa shape index (κ3) is 5.81. The zero-order valence-electron chi connectivity index (χ0n) is 33.5. The van der Waals surface area contributed by atoms with Crippen LogP contribution >= 0.6 is 0 Å². The highest BCUT2D eigenvalue weighted by Crippen LogP contribution is 2.53. The number of benzene rings is 9. The summed E-state index contributed by atoms with van der Waals surface area (Å²) in [5.41, 5.74) is 17.1. The van der Waals surface area contributed by atoms with Gasteiger partial charge in [-0.1, -0.05) is 158 Å². The number of nitrogens with zero attached hydrogens (tertiary/aromatic N) is 2. The largest absolute Gasteiger partial charge is 0.456 e. The monoisotopic (exact) mass is 778 g/mol. The molecule has 0 saturated carbocycles. The Morgan fingerprint density at radius 3 is 1.80 bits per heavy atom. The molecule has 0 N–H and O–H groups in total. The molecule has 0 aliphatic heterocycles. The lowest BCUT2D eigenvalue weighted by Gasteiger charge is -2.28. The second-order valence-electron chi connectivity index (χ2n) is 16.3. The Morgan fingerprint density at radius 1 is 0.361 bits per heavy atom. The van der Waals surface area contributed by atoms with E-state index >= 15 is 0 Å². The summed E-state index contributed by atoms with van der Waals surface area (Å²) in [5, 5.41) is 4.63. The lowest BCUT2D eigenvalue weighted by Crippen LogP contribution is -2.22. The first-order valence-electron chi connectivity index (χ1n) is 20.9. The summed E-state index contributed by atoms with van der Waals surface area (Å²) in [4.78, 5) is 10.7. The molecule has 0 fully saturated rings. The quantitative estimate of drug-likeness (QED) is 0.169. The molecule has 1 aliphatic carbocycles. The summed E-state index contributed by atoms with van der Waals surface area (Å²) >= 11 is 0. The predicted octanol–water partition coefficient (Wildman–Crippen LogP) is 15.2. The first-order chi connectivity index (χ1) is 30.1. The van der Waals surface area contributed by atoms with Crippen LogP contribution < -0.4 is 0 Å². The number of rotatable bonds is 6. The van der Waals surface area contributed by atoms with E-state index < -0.39 is 0 Å². The van der Waals surface area contributed by atoms with Crippen LogP contribution in [0.3, 0.4) is 0 Å². The van der Waals surface area contributed by atoms with E-state index in [1.807, 2.05) is 18.2 Å². The van der Waals surface area contributed by atoms with Crippen molar-refractivity contribution in [2.75, 3.05) is 0 Å². The van der Waals surface area contributed by atoms with E-state index in [4.69, 9.17) is 14.4 Å². The molecule has 0 spiro atoms. The summed E-state index contributed by atoms with van der Waals surface area (Å²) in [6, 6.07) is 76.0. The molecule has 3 nitrogen and oxygen atoms in total. The highest BCUT2D eigenvalue weighted by atomic mass is 16.3. The molecule has 12 rings (SSSR count). The number of fused-ring (bicyclic) bond motifs is 7. The Bertz CT molecular complexity index is 3490. The standard InChI is InChI=1S/C58H38N2O/c1-58(46-18-6-3-7-19-46)51-22-12-10-20-47(51)48-28-26-42(35-52(48)58)53-36-54(60-57(59-53)38-15-4-2-5-16-38)45-32-43(40-25-24-37-14-8-9-17-39(37)30-40)31-44(33-45)41-27-29-56-50(34-41)49-21-11-13-23-55(49)61-56/h2-36H,1H3. The zero-order valence-corrected chi connectivity index (χ0v) is 33.5. The Labute approximate surface area is 354 Å². The van der Waals surface area contributed by atoms with Crippen molar-refractivity contribution >= 4 is 32.7 Å². The number of aromatic nitrogens is 2. The smallest absolute Gasteiger partial charge is 0.160 e. The number of furan rings is 1. The molecule has 9 aromatic carbocycles. The molecule has 2 aromatic heterocycles. The minimum atomic E-state index is -0.328. The van der Waals surface area contributed by atoms with Gasteiger partial charge >= 0.3 is 0 Å². The van der Waals surface area contributed by atoms with Crippen molar-refractivity contribution in [1.82, 2.24) is 9.97 Å². The van der Waals surface area contributed by atoms with Crippen LogP contribution in [0.4, 0.5) is 0 Å². The van der Waals surface area contributed by atoms with Crippen LogP contribution in [0, 0.1) is 0 Å². The Hall–Kier alpha value is -7.88. The summed E-state index contributed by atoms with van der Waals surface area (Å²) in [7, 11) is 0. The fourth-order valence-electron chi connectivity index (χ4n) is 9.58. The van der Waals surface area contributed by atoms with E-state index in [1.165, 1.54) is 38.6 Å². The fraction of sp³-hybridized carbons (Fsp3) is 0.0345. The van der Waals surface area contributed by atoms with Gasteiger partial charge in [0, 0.05) is 32.9 Å². The maximum atomic E-state index is 6.25. The van der Waals surface area contributed by atoms with Gasteiger partial charge in [-0.15, -0.1) is 0 Å². The Kier molecular flexibility index (Phi) is 7.98. The number of para-hydroxylation sites is 1. The van der Waals surface area contributed by atoms with E-state index in [0.29, 0.717) is 5.82 Å². The van der Waals surface area contributed by atoms with Crippen LogP contribution in [0.5, 0.6) is 0 Å². The average Bonchev–Trinajstić information content (AvgIpc) is 3.84. The maximum absolute atomic E-state index is 6.25. The molecule has 0 radical (unpaired) electrons. The van der Waals surface area contributed by atoms with Gasteiger partial charge in [-0.3, -0.25) is 0 Å². The molecular weight excluding hydrogens is 741 g/mol. The van der Waals surface area contributed by atoms with Gasteiger partial charge in [0.15, 0.2) is 5.82 Å². The van der Waals surface area contributed by atoms with Gasteiger partial charge in [0.25, 0.3) is 0 Å². The molecule has 2 heterocycles. The van der Waals surface area contributed by atoms with Crippen LogP contribution in [0.1, 0.15) is 23.6 Å². The van der Waals surface area contributed by atoms with Crippen LogP contribution in [-0.2, 0) is 5.41 Å². The van der Waals surface area contributed by atoms with Gasteiger partial charge < -0.3 is 4.42 Å². The third-order valence-electron chi connectivity index (χ3n) is 12.7. The summed E-state index contributed by atoms with van der Waals surface area (Å²) in [6.07, 6.45) is 0. The average molecular weight is 779 g/mol. The van der Waals surface area contributed by atoms with Crippen molar-refractivity contribution in [3.63, 3.8) is 0 Å². The molecule has 0 amide bonds. The van der Waals surface area contributed by atoms with Crippen molar-refractivity contribution in [2.24, 2.45) is 0 Å². The van der Waals surface area contributed by atoms with E-state index in [9.17, 15) is 0 Å². The van der Waals surface area contributed by atoms with Gasteiger partial charge in [0.05, 0.1) is 11.4 Å². The lowest BCUT2D eigenvalue weighted by molar-refractivity contribution is 0.669. The molecule has 0 bridgehead atoms. The first kappa shape index (κ1) is 35.1. The van der Waals surface area contributed by atoms with Crippen LogP contribution in [0.2, 0.25) is 0 Å². The first-order valence-corrected chi connectivity index (χ1v) is 20.9. The minimum Gasteiger partial charge on any atom is -0.456 e. The molecule has 1 aliphatic rings. The SMILES string of the molecule is CC1(c2ccccc2)c2ccccc2-c2ccc(-c3cc(-c4cc(-c5ccc6ccccc6c5)cc(-c5ccc6oc7ccccc7c6c5)c4)nc(-c4ccccc4)n3)cc21. The molecule has 11 aromatic rings. The van der Waals surface area contributed by atoms with Gasteiger partial charge in [-0.2, -0.15) is 0 Å². The second kappa shape index (κ2) is 13.9. The molecular formula is C58H38N2O. The van der Waals surface area contributed by atoms with Crippen molar-refractivity contribution in [3.05, 3.63) is 229 Å². The normalized spacial score (nSPS) is 14.4. The van der Waals surface area contributed by atoms with Crippen molar-refractivity contribution in [1.29, 1.82) is 0 Å². The zero-order chi connectivity index (χ0) is 40.5. The van der Waals surface area contributed by atoms with E-state index in [-0.39, 0.29) is 5.41 Å². The van der Waals surface area contributed by atoms with Gasteiger partial charge in [-0.25, -0.2) is 9.97 Å². The molecule has 1 atom stereocenters. The van der Waals surface area contributed by atoms with Crippen LogP contribution in [0.15, 0.2) is 217 Å². The summed E-state index contributed by atoms with van der Waals surface area (Å²) < 4.78 is 6.25. The molecule has 3 heteroatoms. The maximum Gasteiger partial charge on any atom is 0.160 e. The molecule has 286 valence electrons. The topological polar surface area (TPSA) is 38.9 Å². The fourth-order valence-corrected chi connectivity index (χ4v) is 9.58. The third-order valence-corrected chi connectivity index (χ3v) is 12.7. The number of hydrogen-bond acceptors (Lipinski definition) is 3. The molecule has 61 heavy (non-hydrogen) atoms. The summed E-state index contributed by atoms with van der Waals surface area (Å²) in [5.74, 6) is 0.687. The van der Waals surface area contributed by atoms with E-state index in [1.54, 1.807) is 0 Å². The van der Waals surface area contributed by atoms with Crippen LogP contribution in [-0.4, -0.2) is 9.97 Å². The predicted molar refractivity (Wildman–Crippen MR) is 251 cm³/mol. The highest BCUT2D eigenvalue weighted by Gasteiger charge is 2.40. The minimum absolute atomic E-state index is 0.328.